The number of aryl methyl sites for hydroxylation is 2. The molecule has 0 radical (unpaired) electrons. The maximum atomic E-state index is 12.3. The monoisotopic (exact) mass is 407 g/mol. The summed E-state index contributed by atoms with van der Waals surface area (Å²) in [7, 11) is 0. The summed E-state index contributed by atoms with van der Waals surface area (Å²) < 4.78 is 13.1. The standard InChI is InChI=1S/C22H25N5O3/c28-22(24-18-3-1-4-19(15-18)30-16-20-5-2-14-29-20)25-21-9-13-27(26-21)12-8-17-6-10-23-11-7-17/h1,3-4,6-7,9-11,13,15,20H,2,5,8,12,14,16H2,(H2,24,25,26,28)/t20-/m1/s1. The van der Waals surface area contributed by atoms with Crippen molar-refractivity contribution < 1.29 is 14.3 Å². The van der Waals surface area contributed by atoms with E-state index >= 15 is 0 Å². The highest BCUT2D eigenvalue weighted by Gasteiger charge is 2.16. The molecule has 3 aromatic rings. The lowest BCUT2D eigenvalue weighted by molar-refractivity contribution is 0.0680. The molecule has 1 fully saturated rings. The Kier molecular flexibility index (Phi) is 6.56. The lowest BCUT2D eigenvalue weighted by atomic mass is 10.2. The molecule has 1 aliphatic heterocycles. The fourth-order valence-electron chi connectivity index (χ4n) is 3.25. The minimum atomic E-state index is -0.356. The van der Waals surface area contributed by atoms with Crippen LogP contribution in [0.2, 0.25) is 0 Å². The predicted octanol–water partition coefficient (Wildman–Crippen LogP) is 3.72. The third-order valence-corrected chi connectivity index (χ3v) is 4.81. The first-order valence-electron chi connectivity index (χ1n) is 10.1. The molecule has 1 saturated heterocycles. The average molecular weight is 407 g/mol. The van der Waals surface area contributed by atoms with Crippen LogP contribution in [-0.2, 0) is 17.7 Å². The second-order valence-electron chi connectivity index (χ2n) is 7.12. The summed E-state index contributed by atoms with van der Waals surface area (Å²) in [6, 6.07) is 12.7. The van der Waals surface area contributed by atoms with Gasteiger partial charge in [0.2, 0.25) is 0 Å². The maximum Gasteiger partial charge on any atom is 0.324 e. The van der Waals surface area contributed by atoms with Crippen LogP contribution in [0.5, 0.6) is 5.75 Å². The highest BCUT2D eigenvalue weighted by molar-refractivity contribution is 5.99. The van der Waals surface area contributed by atoms with E-state index in [1.54, 1.807) is 29.2 Å². The SMILES string of the molecule is O=C(Nc1cccc(OC[C@H]2CCCO2)c1)Nc1ccn(CCc2ccncc2)n1. The Morgan fingerprint density at radius 3 is 2.93 bits per heavy atom. The fourth-order valence-corrected chi connectivity index (χ4v) is 3.25. The summed E-state index contributed by atoms with van der Waals surface area (Å²) in [5.74, 6) is 1.19. The number of carbonyl (C=O) groups is 1. The van der Waals surface area contributed by atoms with Crippen LogP contribution in [0.15, 0.2) is 61.1 Å². The van der Waals surface area contributed by atoms with E-state index in [4.69, 9.17) is 9.47 Å². The number of nitrogens with one attached hydrogen (secondary N) is 2. The van der Waals surface area contributed by atoms with Crippen LogP contribution in [0, 0.1) is 0 Å². The second-order valence-corrected chi connectivity index (χ2v) is 7.12. The van der Waals surface area contributed by atoms with Crippen LogP contribution in [0.25, 0.3) is 0 Å². The molecule has 2 aromatic heterocycles. The Bertz CT molecular complexity index is 954. The zero-order chi connectivity index (χ0) is 20.6. The van der Waals surface area contributed by atoms with E-state index in [9.17, 15) is 4.79 Å². The highest BCUT2D eigenvalue weighted by Crippen LogP contribution is 2.20. The van der Waals surface area contributed by atoms with Crippen molar-refractivity contribution >= 4 is 17.5 Å². The molecule has 1 aromatic carbocycles. The number of aromatic nitrogens is 3. The van der Waals surface area contributed by atoms with Gasteiger partial charge in [-0.1, -0.05) is 6.07 Å². The normalized spacial score (nSPS) is 15.7. The first-order valence-corrected chi connectivity index (χ1v) is 10.1. The maximum absolute atomic E-state index is 12.3. The van der Waals surface area contributed by atoms with Gasteiger partial charge in [-0.2, -0.15) is 5.10 Å². The van der Waals surface area contributed by atoms with Gasteiger partial charge in [0.15, 0.2) is 5.82 Å². The number of pyridine rings is 1. The predicted molar refractivity (Wildman–Crippen MR) is 114 cm³/mol. The van der Waals surface area contributed by atoms with Gasteiger partial charge in [0.1, 0.15) is 12.4 Å². The van der Waals surface area contributed by atoms with Crippen LogP contribution in [0.4, 0.5) is 16.3 Å². The topological polar surface area (TPSA) is 90.3 Å². The van der Waals surface area contributed by atoms with E-state index in [0.29, 0.717) is 23.9 Å². The van der Waals surface area contributed by atoms with Crippen molar-refractivity contribution in [2.24, 2.45) is 0 Å². The summed E-state index contributed by atoms with van der Waals surface area (Å²) in [6.45, 7) is 2.04. The zero-order valence-electron chi connectivity index (χ0n) is 16.7. The Labute approximate surface area is 175 Å². The van der Waals surface area contributed by atoms with E-state index < -0.39 is 0 Å². The molecular formula is C22H25N5O3. The summed E-state index contributed by atoms with van der Waals surface area (Å²) in [4.78, 5) is 16.3. The number of anilines is 2. The van der Waals surface area contributed by atoms with Crippen molar-refractivity contribution in [1.82, 2.24) is 14.8 Å². The molecule has 2 N–H and O–H groups in total. The van der Waals surface area contributed by atoms with Gasteiger partial charge < -0.3 is 14.8 Å². The molecule has 8 nitrogen and oxygen atoms in total. The molecule has 8 heteroatoms. The van der Waals surface area contributed by atoms with Crippen LogP contribution in [0.3, 0.4) is 0 Å². The molecule has 2 amide bonds. The molecule has 1 atom stereocenters. The lowest BCUT2D eigenvalue weighted by Gasteiger charge is -2.12. The molecular weight excluding hydrogens is 382 g/mol. The van der Waals surface area contributed by atoms with E-state index in [2.05, 4.69) is 20.7 Å². The van der Waals surface area contributed by atoms with Crippen molar-refractivity contribution in [1.29, 1.82) is 0 Å². The largest absolute Gasteiger partial charge is 0.491 e. The summed E-state index contributed by atoms with van der Waals surface area (Å²) in [5, 5.41) is 9.95. The Hall–Kier alpha value is -3.39. The molecule has 4 rings (SSSR count). The fraction of sp³-hybridized carbons (Fsp3) is 0.318. The smallest absolute Gasteiger partial charge is 0.324 e. The number of hydrogen-bond donors (Lipinski definition) is 2. The second kappa shape index (κ2) is 9.89. The molecule has 0 unspecified atom stereocenters. The molecule has 156 valence electrons. The van der Waals surface area contributed by atoms with Crippen LogP contribution < -0.4 is 15.4 Å². The van der Waals surface area contributed by atoms with Gasteiger partial charge in [-0.25, -0.2) is 4.79 Å². The Balaban J connectivity index is 1.25. The molecule has 0 aliphatic carbocycles. The molecule has 0 bridgehead atoms. The van der Waals surface area contributed by atoms with Gasteiger partial charge in [0.25, 0.3) is 0 Å². The number of urea groups is 1. The van der Waals surface area contributed by atoms with Crippen molar-refractivity contribution in [3.05, 3.63) is 66.6 Å². The van der Waals surface area contributed by atoms with E-state index in [1.807, 2.05) is 36.5 Å². The number of carbonyl (C=O) groups excluding carboxylic acids is 1. The number of benzene rings is 1. The number of ether oxygens (including phenoxy) is 2. The molecule has 30 heavy (non-hydrogen) atoms. The first-order chi connectivity index (χ1) is 14.7. The van der Waals surface area contributed by atoms with Gasteiger partial charge >= 0.3 is 6.03 Å². The number of nitrogens with zero attached hydrogens (tertiary/aromatic N) is 3. The van der Waals surface area contributed by atoms with E-state index in [-0.39, 0.29) is 12.1 Å². The van der Waals surface area contributed by atoms with E-state index in [1.165, 1.54) is 5.56 Å². The van der Waals surface area contributed by atoms with Crippen LogP contribution >= 0.6 is 0 Å². The zero-order valence-corrected chi connectivity index (χ0v) is 16.7. The minimum Gasteiger partial charge on any atom is -0.491 e. The molecule has 0 saturated carbocycles. The van der Waals surface area contributed by atoms with Gasteiger partial charge in [-0.05, 0) is 49.1 Å². The van der Waals surface area contributed by atoms with Gasteiger partial charge in [-0.15, -0.1) is 0 Å². The van der Waals surface area contributed by atoms with Crippen LogP contribution in [-0.4, -0.2) is 40.1 Å². The van der Waals surface area contributed by atoms with Crippen molar-refractivity contribution in [2.75, 3.05) is 23.8 Å². The highest BCUT2D eigenvalue weighted by atomic mass is 16.5. The van der Waals surface area contributed by atoms with Gasteiger partial charge in [-0.3, -0.25) is 15.0 Å². The molecule has 0 spiro atoms. The number of amides is 2. The Morgan fingerprint density at radius 2 is 2.10 bits per heavy atom. The van der Waals surface area contributed by atoms with Gasteiger partial charge in [0, 0.05) is 49.6 Å². The van der Waals surface area contributed by atoms with Gasteiger partial charge in [0.05, 0.1) is 6.10 Å². The summed E-state index contributed by atoms with van der Waals surface area (Å²) >= 11 is 0. The van der Waals surface area contributed by atoms with Crippen molar-refractivity contribution in [3.63, 3.8) is 0 Å². The van der Waals surface area contributed by atoms with E-state index in [0.717, 1.165) is 32.4 Å². The average Bonchev–Trinajstić information content (AvgIpc) is 3.44. The van der Waals surface area contributed by atoms with Crippen molar-refractivity contribution in [2.45, 2.75) is 31.9 Å². The third kappa shape index (κ3) is 5.81. The first kappa shape index (κ1) is 19.9. The third-order valence-electron chi connectivity index (χ3n) is 4.81. The summed E-state index contributed by atoms with van der Waals surface area (Å²) in [6.07, 6.45) is 8.49. The molecule has 3 heterocycles. The number of rotatable bonds is 8. The number of hydrogen-bond acceptors (Lipinski definition) is 5. The Morgan fingerprint density at radius 1 is 1.20 bits per heavy atom. The quantitative estimate of drug-likeness (QED) is 0.594. The lowest BCUT2D eigenvalue weighted by Crippen LogP contribution is -2.20. The molecule has 1 aliphatic rings. The minimum absolute atomic E-state index is 0.151. The van der Waals surface area contributed by atoms with Crippen LogP contribution in [0.1, 0.15) is 18.4 Å². The summed E-state index contributed by atoms with van der Waals surface area (Å²) in [5.41, 5.74) is 1.84. The van der Waals surface area contributed by atoms with Crippen molar-refractivity contribution in [3.8, 4) is 5.75 Å².